The third kappa shape index (κ3) is 9.21. The van der Waals surface area contributed by atoms with Crippen LogP contribution in [0.4, 0.5) is 9.59 Å². The molecule has 0 saturated heterocycles. The first-order valence-electron chi connectivity index (χ1n) is 15.6. The van der Waals surface area contributed by atoms with E-state index in [0.29, 0.717) is 26.2 Å². The molecule has 238 valence electrons. The zero-order chi connectivity index (χ0) is 32.1. The van der Waals surface area contributed by atoms with E-state index in [4.69, 9.17) is 19.4 Å². The Balaban J connectivity index is 1.48. The molecule has 1 aromatic carbocycles. The van der Waals surface area contributed by atoms with Gasteiger partial charge in [0.05, 0.1) is 34.8 Å². The van der Waals surface area contributed by atoms with Gasteiger partial charge >= 0.3 is 12.2 Å². The summed E-state index contributed by atoms with van der Waals surface area (Å²) < 4.78 is 11.2. The second-order valence-corrected chi connectivity index (χ2v) is 13.4. The smallest absolute Gasteiger partial charge is 0.410 e. The summed E-state index contributed by atoms with van der Waals surface area (Å²) in [6.07, 6.45) is 8.95. The van der Waals surface area contributed by atoms with Crippen molar-refractivity contribution in [1.82, 2.24) is 29.7 Å². The molecule has 0 spiro atoms. The number of hydrogen-bond acceptors (Lipinski definition) is 6. The number of amides is 2. The number of carbonyl (C=O) groups excluding carboxylic acids is 2. The second-order valence-electron chi connectivity index (χ2n) is 13.4. The van der Waals surface area contributed by atoms with Gasteiger partial charge in [-0.1, -0.05) is 32.1 Å². The van der Waals surface area contributed by atoms with E-state index in [1.54, 1.807) is 9.80 Å². The Morgan fingerprint density at radius 2 is 1.43 bits per heavy atom. The summed E-state index contributed by atoms with van der Waals surface area (Å²) in [6, 6.07) is 6.23. The van der Waals surface area contributed by atoms with Crippen LogP contribution in [-0.2, 0) is 29.0 Å². The monoisotopic (exact) mass is 604 g/mol. The van der Waals surface area contributed by atoms with Crippen molar-refractivity contribution in [2.75, 3.05) is 13.1 Å². The molecule has 1 aliphatic rings. The predicted octanol–water partition coefficient (Wildman–Crippen LogP) is 5.71. The minimum Gasteiger partial charge on any atom is -0.444 e. The molecule has 2 heterocycles. The molecular formula is C34H48N6O4. The number of ether oxygens (including phenoxy) is 2. The number of hydrogen-bond donors (Lipinski definition) is 2. The van der Waals surface area contributed by atoms with Gasteiger partial charge in [-0.3, -0.25) is 0 Å². The van der Waals surface area contributed by atoms with Crippen LogP contribution in [0.3, 0.4) is 0 Å². The molecule has 0 fully saturated rings. The summed E-state index contributed by atoms with van der Waals surface area (Å²) in [5, 5.41) is 1.83. The van der Waals surface area contributed by atoms with Gasteiger partial charge in [-0.15, -0.1) is 0 Å². The molecule has 1 aliphatic carbocycles. The maximum atomic E-state index is 12.8. The van der Waals surface area contributed by atoms with E-state index in [0.717, 1.165) is 64.6 Å². The number of H-pyrrole nitrogens is 2. The summed E-state index contributed by atoms with van der Waals surface area (Å²) in [5.74, 6) is 1.46. The highest BCUT2D eigenvalue weighted by atomic mass is 16.6. The van der Waals surface area contributed by atoms with Gasteiger partial charge in [-0.05, 0) is 96.6 Å². The molecule has 0 bridgehead atoms. The van der Waals surface area contributed by atoms with Crippen molar-refractivity contribution in [2.45, 2.75) is 105 Å². The fraction of sp³-hybridized carbons (Fsp3) is 0.529. The first-order chi connectivity index (χ1) is 20.7. The molecule has 0 saturated carbocycles. The summed E-state index contributed by atoms with van der Waals surface area (Å²) >= 11 is 0. The maximum Gasteiger partial charge on any atom is 0.410 e. The maximum absolute atomic E-state index is 12.8. The van der Waals surface area contributed by atoms with Gasteiger partial charge in [-0.25, -0.2) is 19.6 Å². The van der Waals surface area contributed by atoms with E-state index in [1.807, 2.05) is 61.5 Å². The highest BCUT2D eigenvalue weighted by molar-refractivity contribution is 5.76. The summed E-state index contributed by atoms with van der Waals surface area (Å²) in [7, 11) is 0. The lowest BCUT2D eigenvalue weighted by Crippen LogP contribution is -2.37. The van der Waals surface area contributed by atoms with Crippen molar-refractivity contribution < 1.29 is 19.1 Å². The van der Waals surface area contributed by atoms with Crippen LogP contribution >= 0.6 is 0 Å². The Bertz CT molecular complexity index is 1620. The van der Waals surface area contributed by atoms with Crippen molar-refractivity contribution >= 4 is 35.4 Å². The molecule has 0 atom stereocenters. The SMILES string of the molecule is CCCN(Cc1nc2c([nH]1)=CC(Cc1ccc3nc(CN(CCC)C(=O)OC(C)(C)C)[nH]c3c1)=CCC=2)C(=O)OC(C)(C)C. The Kier molecular flexibility index (Phi) is 10.2. The standard InChI is InChI=1S/C34H48N6O4/c1-9-16-39(31(41)43-33(3,4)5)21-29-35-25-13-11-12-23(19-27(25)37-29)18-24-14-15-26-28(20-24)38-30(36-26)22-40(17-10-2)32(42)44-34(6,7)8/h12-15,19-20H,9-11,16-18,21-22H2,1-8H3,(H,35,37)(H,36,38). The van der Waals surface area contributed by atoms with Gasteiger partial charge in [0.25, 0.3) is 0 Å². The number of carbonyl (C=O) groups is 2. The third-order valence-corrected chi connectivity index (χ3v) is 6.81. The predicted molar refractivity (Wildman–Crippen MR) is 173 cm³/mol. The largest absolute Gasteiger partial charge is 0.444 e. The molecule has 2 amide bonds. The molecule has 10 heteroatoms. The van der Waals surface area contributed by atoms with Crippen molar-refractivity contribution in [2.24, 2.45) is 0 Å². The minimum atomic E-state index is -0.555. The van der Waals surface area contributed by atoms with E-state index in [9.17, 15) is 9.59 Å². The number of rotatable bonds is 10. The van der Waals surface area contributed by atoms with Crippen LogP contribution in [0.5, 0.6) is 0 Å². The molecule has 0 radical (unpaired) electrons. The average Bonchev–Trinajstić information content (AvgIpc) is 3.43. The number of nitrogens with one attached hydrogen (secondary N) is 2. The molecule has 0 aliphatic heterocycles. The average molecular weight is 605 g/mol. The number of fused-ring (bicyclic) bond motifs is 2. The van der Waals surface area contributed by atoms with Crippen molar-refractivity contribution in [1.29, 1.82) is 0 Å². The fourth-order valence-electron chi connectivity index (χ4n) is 5.04. The molecule has 4 rings (SSSR count). The Morgan fingerprint density at radius 1 is 0.841 bits per heavy atom. The van der Waals surface area contributed by atoms with Crippen LogP contribution in [0.25, 0.3) is 23.2 Å². The summed E-state index contributed by atoms with van der Waals surface area (Å²) in [6.45, 7) is 17.2. The lowest BCUT2D eigenvalue weighted by Gasteiger charge is -2.26. The Hall–Kier alpha value is -4.08. The van der Waals surface area contributed by atoms with E-state index in [-0.39, 0.29) is 12.2 Å². The van der Waals surface area contributed by atoms with Gasteiger partial charge in [0, 0.05) is 13.1 Å². The molecular weight excluding hydrogens is 556 g/mol. The van der Waals surface area contributed by atoms with Gasteiger partial charge < -0.3 is 29.2 Å². The second kappa shape index (κ2) is 13.7. The summed E-state index contributed by atoms with van der Waals surface area (Å²) in [4.78, 5) is 45.3. The van der Waals surface area contributed by atoms with Crippen LogP contribution in [0, 0.1) is 0 Å². The highest BCUT2D eigenvalue weighted by Crippen LogP contribution is 2.20. The molecule has 2 aromatic heterocycles. The van der Waals surface area contributed by atoms with Gasteiger partial charge in [0.2, 0.25) is 0 Å². The van der Waals surface area contributed by atoms with Gasteiger partial charge in [-0.2, -0.15) is 0 Å². The molecule has 0 unspecified atom stereocenters. The molecule has 44 heavy (non-hydrogen) atoms. The zero-order valence-electron chi connectivity index (χ0n) is 27.5. The zero-order valence-corrected chi connectivity index (χ0v) is 27.5. The number of nitrogens with zero attached hydrogens (tertiary/aromatic N) is 4. The van der Waals surface area contributed by atoms with Crippen molar-refractivity contribution in [3.63, 3.8) is 0 Å². The lowest BCUT2D eigenvalue weighted by atomic mass is 10.0. The van der Waals surface area contributed by atoms with Crippen LogP contribution < -0.4 is 10.7 Å². The normalized spacial score (nSPS) is 13.3. The third-order valence-electron chi connectivity index (χ3n) is 6.81. The Morgan fingerprint density at radius 3 is 2.00 bits per heavy atom. The number of aromatic amines is 2. The topological polar surface area (TPSA) is 116 Å². The van der Waals surface area contributed by atoms with Crippen LogP contribution in [0.2, 0.25) is 0 Å². The quantitative estimate of drug-likeness (QED) is 0.306. The van der Waals surface area contributed by atoms with Crippen LogP contribution in [0.15, 0.2) is 29.8 Å². The number of allylic oxidation sites excluding steroid dienone is 2. The lowest BCUT2D eigenvalue weighted by molar-refractivity contribution is 0.0219. The van der Waals surface area contributed by atoms with Crippen molar-refractivity contribution in [3.8, 4) is 0 Å². The van der Waals surface area contributed by atoms with Gasteiger partial charge in [0.1, 0.15) is 22.9 Å². The fourth-order valence-corrected chi connectivity index (χ4v) is 5.04. The van der Waals surface area contributed by atoms with Crippen LogP contribution in [-0.4, -0.2) is 66.2 Å². The number of imidazole rings is 2. The van der Waals surface area contributed by atoms with E-state index >= 15 is 0 Å². The summed E-state index contributed by atoms with van der Waals surface area (Å²) in [5.41, 5.74) is 3.00. The molecule has 10 nitrogen and oxygen atoms in total. The minimum absolute atomic E-state index is 0.334. The highest BCUT2D eigenvalue weighted by Gasteiger charge is 2.24. The molecule has 3 aromatic rings. The number of benzene rings is 1. The first-order valence-corrected chi connectivity index (χ1v) is 15.6. The van der Waals surface area contributed by atoms with Gasteiger partial charge in [0.15, 0.2) is 0 Å². The molecule has 2 N–H and O–H groups in total. The Labute approximate surface area is 260 Å². The van der Waals surface area contributed by atoms with E-state index in [1.165, 1.54) is 5.57 Å². The van der Waals surface area contributed by atoms with E-state index < -0.39 is 11.2 Å². The van der Waals surface area contributed by atoms with Crippen LogP contribution in [0.1, 0.15) is 91.9 Å². The number of aromatic nitrogens is 4. The van der Waals surface area contributed by atoms with E-state index in [2.05, 4.69) is 40.3 Å². The van der Waals surface area contributed by atoms with Crippen molar-refractivity contribution in [3.05, 3.63) is 57.8 Å². The first kappa shape index (κ1) is 32.8.